The van der Waals surface area contributed by atoms with Crippen LogP contribution < -0.4 is 5.73 Å². The van der Waals surface area contributed by atoms with Gasteiger partial charge in [-0.3, -0.25) is 4.79 Å². The Hall–Kier alpha value is -2.23. The van der Waals surface area contributed by atoms with E-state index in [-0.39, 0.29) is 11.4 Å². The highest BCUT2D eigenvalue weighted by atomic mass is 19.1. The van der Waals surface area contributed by atoms with Gasteiger partial charge in [-0.2, -0.15) is 0 Å². The molecule has 0 aliphatic heterocycles. The van der Waals surface area contributed by atoms with Gasteiger partial charge in [0.05, 0.1) is 11.3 Å². The van der Waals surface area contributed by atoms with Crippen LogP contribution in [0.4, 0.5) is 4.39 Å². The molecule has 0 bridgehead atoms. The van der Waals surface area contributed by atoms with Gasteiger partial charge in [-0.05, 0) is 18.6 Å². The first-order valence-electron chi connectivity index (χ1n) is 6.04. The van der Waals surface area contributed by atoms with Crippen molar-refractivity contribution < 1.29 is 9.18 Å². The van der Waals surface area contributed by atoms with Crippen LogP contribution in [-0.2, 0) is 0 Å². The van der Waals surface area contributed by atoms with Crippen LogP contribution >= 0.6 is 0 Å². The summed E-state index contributed by atoms with van der Waals surface area (Å²) in [6.07, 6.45) is 2.38. The lowest BCUT2D eigenvalue weighted by atomic mass is 9.97. The number of nitrogens with zero attached hydrogens (tertiary/aromatic N) is 1. The Bertz CT molecular complexity index is 652. The molecule has 1 aromatic carbocycles. The van der Waals surface area contributed by atoms with E-state index in [1.54, 1.807) is 24.3 Å². The maximum atomic E-state index is 13.7. The lowest BCUT2D eigenvalue weighted by molar-refractivity contribution is 0.0998. The average Bonchev–Trinajstić information content (AvgIpc) is 2.38. The maximum Gasteiger partial charge on any atom is 0.250 e. The Labute approximate surface area is 110 Å². The molecule has 0 saturated carbocycles. The first kappa shape index (κ1) is 13.2. The molecule has 0 aliphatic carbocycles. The Balaban J connectivity index is 2.71. The number of fused-ring (bicyclic) bond motifs is 1. The van der Waals surface area contributed by atoms with Crippen molar-refractivity contribution in [2.75, 3.05) is 0 Å². The quantitative estimate of drug-likeness (QED) is 0.856. The Morgan fingerprint density at radius 2 is 2.32 bits per heavy atom. The van der Waals surface area contributed by atoms with E-state index in [1.165, 1.54) is 6.07 Å². The predicted octanol–water partition coefficient (Wildman–Crippen LogP) is 3.15. The molecular formula is C15H15FN2O. The predicted molar refractivity (Wildman–Crippen MR) is 73.4 cm³/mol. The monoisotopic (exact) mass is 258 g/mol. The number of carbonyl (C=O) groups is 1. The van der Waals surface area contributed by atoms with Crippen LogP contribution in [0.15, 0.2) is 36.9 Å². The number of benzene rings is 1. The van der Waals surface area contributed by atoms with Gasteiger partial charge in [0.2, 0.25) is 0 Å². The highest BCUT2D eigenvalue weighted by Gasteiger charge is 2.17. The van der Waals surface area contributed by atoms with E-state index < -0.39 is 11.7 Å². The second-order valence-corrected chi connectivity index (χ2v) is 4.52. The summed E-state index contributed by atoms with van der Waals surface area (Å²) in [7, 11) is 0. The Morgan fingerprint density at radius 3 is 2.95 bits per heavy atom. The topological polar surface area (TPSA) is 56.0 Å². The standard InChI is InChI=1S/C15H15FN2O/c1-3-5-9(2)13-11(15(17)19)8-10-6-4-7-12(16)14(10)18-13/h3-4,6-9H,1,5H2,2H3,(H2,17,19). The lowest BCUT2D eigenvalue weighted by Crippen LogP contribution is -2.16. The fourth-order valence-electron chi connectivity index (χ4n) is 2.11. The largest absolute Gasteiger partial charge is 0.366 e. The van der Waals surface area contributed by atoms with Crippen LogP contribution in [0.2, 0.25) is 0 Å². The zero-order valence-corrected chi connectivity index (χ0v) is 10.7. The third-order valence-corrected chi connectivity index (χ3v) is 3.08. The van der Waals surface area contributed by atoms with Crippen molar-refractivity contribution in [2.24, 2.45) is 5.73 Å². The first-order valence-corrected chi connectivity index (χ1v) is 6.04. The number of rotatable bonds is 4. The van der Waals surface area contributed by atoms with E-state index in [1.807, 2.05) is 6.92 Å². The van der Waals surface area contributed by atoms with Crippen LogP contribution in [0, 0.1) is 5.82 Å². The summed E-state index contributed by atoms with van der Waals surface area (Å²) < 4.78 is 13.7. The number of para-hydroxylation sites is 1. The van der Waals surface area contributed by atoms with E-state index >= 15 is 0 Å². The molecule has 1 aromatic heterocycles. The number of hydrogen-bond donors (Lipinski definition) is 1. The number of hydrogen-bond acceptors (Lipinski definition) is 2. The molecule has 2 aromatic rings. The Morgan fingerprint density at radius 1 is 1.58 bits per heavy atom. The minimum absolute atomic E-state index is 0.0380. The van der Waals surface area contributed by atoms with E-state index in [4.69, 9.17) is 5.73 Å². The van der Waals surface area contributed by atoms with Gasteiger partial charge in [-0.1, -0.05) is 25.1 Å². The van der Waals surface area contributed by atoms with Crippen LogP contribution in [0.1, 0.15) is 35.3 Å². The highest BCUT2D eigenvalue weighted by Crippen LogP contribution is 2.26. The van der Waals surface area contributed by atoms with E-state index in [0.717, 1.165) is 0 Å². The van der Waals surface area contributed by atoms with Crippen molar-refractivity contribution in [2.45, 2.75) is 19.3 Å². The number of carbonyl (C=O) groups excluding carboxylic acids is 1. The highest BCUT2D eigenvalue weighted by molar-refractivity contribution is 5.97. The van der Waals surface area contributed by atoms with E-state index in [9.17, 15) is 9.18 Å². The van der Waals surface area contributed by atoms with Crippen molar-refractivity contribution in [1.29, 1.82) is 0 Å². The number of aromatic nitrogens is 1. The molecule has 0 radical (unpaired) electrons. The molecule has 1 atom stereocenters. The number of allylic oxidation sites excluding steroid dienone is 1. The van der Waals surface area contributed by atoms with Gasteiger partial charge in [0, 0.05) is 11.3 Å². The summed E-state index contributed by atoms with van der Waals surface area (Å²) in [5, 5.41) is 0.573. The summed E-state index contributed by atoms with van der Waals surface area (Å²) in [5.41, 5.74) is 6.50. The maximum absolute atomic E-state index is 13.7. The van der Waals surface area contributed by atoms with Gasteiger partial charge in [0.15, 0.2) is 0 Å². The molecule has 19 heavy (non-hydrogen) atoms. The Kier molecular flexibility index (Phi) is 3.60. The SMILES string of the molecule is C=CCC(C)c1nc2c(F)cccc2cc1C(N)=O. The molecule has 2 N–H and O–H groups in total. The molecule has 1 heterocycles. The second kappa shape index (κ2) is 5.18. The van der Waals surface area contributed by atoms with Crippen LogP contribution in [0.5, 0.6) is 0 Å². The summed E-state index contributed by atoms with van der Waals surface area (Å²) in [6.45, 7) is 5.57. The molecule has 4 heteroatoms. The summed E-state index contributed by atoms with van der Waals surface area (Å²) in [5.74, 6) is -0.992. The average molecular weight is 258 g/mol. The zero-order chi connectivity index (χ0) is 14.0. The fraction of sp³-hybridized carbons (Fsp3) is 0.200. The van der Waals surface area contributed by atoms with Crippen molar-refractivity contribution in [1.82, 2.24) is 4.98 Å². The molecule has 1 amide bonds. The van der Waals surface area contributed by atoms with Crippen molar-refractivity contribution in [3.8, 4) is 0 Å². The van der Waals surface area contributed by atoms with Crippen molar-refractivity contribution in [3.63, 3.8) is 0 Å². The van der Waals surface area contributed by atoms with Gasteiger partial charge in [0.25, 0.3) is 5.91 Å². The van der Waals surface area contributed by atoms with Gasteiger partial charge < -0.3 is 5.73 Å². The van der Waals surface area contributed by atoms with Gasteiger partial charge in [0.1, 0.15) is 11.3 Å². The molecule has 0 aliphatic rings. The van der Waals surface area contributed by atoms with Crippen molar-refractivity contribution in [3.05, 3.63) is 54.0 Å². The molecule has 0 fully saturated rings. The van der Waals surface area contributed by atoms with Gasteiger partial charge >= 0.3 is 0 Å². The van der Waals surface area contributed by atoms with Crippen LogP contribution in [0.3, 0.4) is 0 Å². The van der Waals surface area contributed by atoms with Crippen LogP contribution in [-0.4, -0.2) is 10.9 Å². The minimum Gasteiger partial charge on any atom is -0.366 e. The molecular weight excluding hydrogens is 243 g/mol. The van der Waals surface area contributed by atoms with Crippen LogP contribution in [0.25, 0.3) is 10.9 Å². The first-order chi connectivity index (χ1) is 9.04. The molecule has 3 nitrogen and oxygen atoms in total. The normalized spacial score (nSPS) is 12.3. The van der Waals surface area contributed by atoms with E-state index in [2.05, 4.69) is 11.6 Å². The molecule has 98 valence electrons. The third-order valence-electron chi connectivity index (χ3n) is 3.08. The molecule has 0 spiro atoms. The molecule has 2 rings (SSSR count). The number of primary amides is 1. The molecule has 0 saturated heterocycles. The zero-order valence-electron chi connectivity index (χ0n) is 10.7. The van der Waals surface area contributed by atoms with Crippen molar-refractivity contribution >= 4 is 16.8 Å². The number of nitrogens with two attached hydrogens (primary N) is 1. The number of amides is 1. The second-order valence-electron chi connectivity index (χ2n) is 4.52. The van der Waals surface area contributed by atoms with Gasteiger partial charge in [-0.15, -0.1) is 6.58 Å². The third kappa shape index (κ3) is 2.47. The number of pyridine rings is 1. The number of halogens is 1. The lowest BCUT2D eigenvalue weighted by Gasteiger charge is -2.13. The smallest absolute Gasteiger partial charge is 0.250 e. The summed E-state index contributed by atoms with van der Waals surface area (Å²) in [4.78, 5) is 15.8. The summed E-state index contributed by atoms with van der Waals surface area (Å²) in [6, 6.07) is 6.24. The van der Waals surface area contributed by atoms with E-state index in [0.29, 0.717) is 23.1 Å². The van der Waals surface area contributed by atoms with Gasteiger partial charge in [-0.25, -0.2) is 9.37 Å². The fourth-order valence-corrected chi connectivity index (χ4v) is 2.11. The minimum atomic E-state index is -0.551. The molecule has 1 unspecified atom stereocenters. The summed E-state index contributed by atoms with van der Waals surface area (Å²) >= 11 is 0.